The van der Waals surface area contributed by atoms with E-state index in [1.165, 1.54) is 0 Å². The van der Waals surface area contributed by atoms with E-state index in [0.29, 0.717) is 19.1 Å². The molecule has 2 N–H and O–H groups in total. The number of nitrogen functional groups attached to an aromatic ring is 1. The van der Waals surface area contributed by atoms with Crippen LogP contribution in [0.25, 0.3) is 0 Å². The second-order valence-electron chi connectivity index (χ2n) is 5.87. The fourth-order valence-electron chi connectivity index (χ4n) is 2.63. The standard InChI is InChI=1S/C16H22N6O/c1-11-8-15(20-16(17)19-11)22-6-7-23-14(10-22)13-5-4-12(9-18-13)21(2)3/h4-5,8-9,14H,6-7,10H2,1-3H3,(H2,17,19,20). The summed E-state index contributed by atoms with van der Waals surface area (Å²) in [5.41, 5.74) is 8.62. The molecule has 23 heavy (non-hydrogen) atoms. The summed E-state index contributed by atoms with van der Waals surface area (Å²) >= 11 is 0. The minimum atomic E-state index is -0.0727. The van der Waals surface area contributed by atoms with E-state index < -0.39 is 0 Å². The normalized spacial score (nSPS) is 18.0. The average molecular weight is 314 g/mol. The Kier molecular flexibility index (Phi) is 4.29. The maximum atomic E-state index is 5.88. The first-order valence-electron chi connectivity index (χ1n) is 7.64. The van der Waals surface area contributed by atoms with Gasteiger partial charge in [-0.05, 0) is 19.1 Å². The molecule has 0 bridgehead atoms. The van der Waals surface area contributed by atoms with Crippen LogP contribution >= 0.6 is 0 Å². The van der Waals surface area contributed by atoms with Gasteiger partial charge in [-0.15, -0.1) is 0 Å². The van der Waals surface area contributed by atoms with Crippen LogP contribution < -0.4 is 15.5 Å². The van der Waals surface area contributed by atoms with Gasteiger partial charge in [0.05, 0.1) is 30.7 Å². The van der Waals surface area contributed by atoms with Crippen molar-refractivity contribution in [1.82, 2.24) is 15.0 Å². The Labute approximate surface area is 136 Å². The molecule has 1 saturated heterocycles. The Morgan fingerprint density at radius 3 is 2.78 bits per heavy atom. The van der Waals surface area contributed by atoms with Gasteiger partial charge in [-0.2, -0.15) is 4.98 Å². The zero-order valence-corrected chi connectivity index (χ0v) is 13.7. The number of ether oxygens (including phenoxy) is 1. The van der Waals surface area contributed by atoms with Crippen molar-refractivity contribution in [1.29, 1.82) is 0 Å². The Hall–Kier alpha value is -2.41. The van der Waals surface area contributed by atoms with E-state index in [9.17, 15) is 0 Å². The van der Waals surface area contributed by atoms with Gasteiger partial charge in [-0.3, -0.25) is 4.98 Å². The smallest absolute Gasteiger partial charge is 0.222 e. The molecule has 2 aromatic heterocycles. The molecule has 3 heterocycles. The third kappa shape index (κ3) is 3.50. The predicted molar refractivity (Wildman–Crippen MR) is 90.7 cm³/mol. The average Bonchev–Trinajstić information content (AvgIpc) is 2.54. The van der Waals surface area contributed by atoms with Crippen LogP contribution in [0.5, 0.6) is 0 Å². The molecule has 122 valence electrons. The van der Waals surface area contributed by atoms with Gasteiger partial charge >= 0.3 is 0 Å². The third-order valence-electron chi connectivity index (χ3n) is 3.87. The first kappa shape index (κ1) is 15.5. The summed E-state index contributed by atoms with van der Waals surface area (Å²) in [6.07, 6.45) is 1.79. The monoisotopic (exact) mass is 314 g/mol. The molecular formula is C16H22N6O. The maximum absolute atomic E-state index is 5.88. The van der Waals surface area contributed by atoms with Gasteiger partial charge in [0.25, 0.3) is 0 Å². The highest BCUT2D eigenvalue weighted by atomic mass is 16.5. The quantitative estimate of drug-likeness (QED) is 0.917. The lowest BCUT2D eigenvalue weighted by atomic mass is 10.1. The van der Waals surface area contributed by atoms with Crippen LogP contribution in [0.4, 0.5) is 17.5 Å². The van der Waals surface area contributed by atoms with Gasteiger partial charge < -0.3 is 20.3 Å². The van der Waals surface area contributed by atoms with E-state index in [2.05, 4.69) is 25.9 Å². The van der Waals surface area contributed by atoms with Crippen LogP contribution in [-0.2, 0) is 4.74 Å². The highest BCUT2D eigenvalue weighted by Gasteiger charge is 2.24. The van der Waals surface area contributed by atoms with Gasteiger partial charge in [0.1, 0.15) is 11.9 Å². The van der Waals surface area contributed by atoms with Crippen LogP contribution in [-0.4, -0.2) is 48.7 Å². The fourth-order valence-corrected chi connectivity index (χ4v) is 2.63. The highest BCUT2D eigenvalue weighted by Crippen LogP contribution is 2.25. The molecule has 1 unspecified atom stereocenters. The first-order valence-corrected chi connectivity index (χ1v) is 7.64. The van der Waals surface area contributed by atoms with E-state index >= 15 is 0 Å². The molecule has 0 radical (unpaired) electrons. The summed E-state index contributed by atoms with van der Waals surface area (Å²) in [5, 5.41) is 0. The molecule has 3 rings (SSSR count). The summed E-state index contributed by atoms with van der Waals surface area (Å²) in [5.74, 6) is 1.14. The van der Waals surface area contributed by atoms with Crippen molar-refractivity contribution in [2.24, 2.45) is 0 Å². The molecule has 0 aliphatic carbocycles. The summed E-state index contributed by atoms with van der Waals surface area (Å²) in [6, 6.07) is 6.02. The van der Waals surface area contributed by atoms with E-state index in [1.807, 2.05) is 44.2 Å². The van der Waals surface area contributed by atoms with E-state index in [0.717, 1.165) is 29.4 Å². The fraction of sp³-hybridized carbons (Fsp3) is 0.438. The molecule has 0 aromatic carbocycles. The number of nitrogens with two attached hydrogens (primary N) is 1. The minimum Gasteiger partial charge on any atom is -0.376 e. The van der Waals surface area contributed by atoms with Crippen LogP contribution in [0.2, 0.25) is 0 Å². The SMILES string of the molecule is Cc1cc(N2CCOC(c3ccc(N(C)C)cn3)C2)nc(N)n1. The Bertz CT molecular complexity index is 653. The number of nitrogens with zero attached hydrogens (tertiary/aromatic N) is 5. The van der Waals surface area contributed by atoms with E-state index in [-0.39, 0.29) is 6.10 Å². The van der Waals surface area contributed by atoms with Crippen molar-refractivity contribution in [2.75, 3.05) is 49.3 Å². The Morgan fingerprint density at radius 2 is 2.13 bits per heavy atom. The van der Waals surface area contributed by atoms with Crippen molar-refractivity contribution >= 4 is 17.5 Å². The summed E-state index contributed by atoms with van der Waals surface area (Å²) in [4.78, 5) is 17.2. The Balaban J connectivity index is 1.77. The van der Waals surface area contributed by atoms with Crippen LogP contribution in [0.3, 0.4) is 0 Å². The summed E-state index contributed by atoms with van der Waals surface area (Å²) < 4.78 is 5.88. The zero-order chi connectivity index (χ0) is 16.4. The van der Waals surface area contributed by atoms with Crippen molar-refractivity contribution in [3.05, 3.63) is 35.8 Å². The van der Waals surface area contributed by atoms with Gasteiger partial charge in [0, 0.05) is 32.4 Å². The van der Waals surface area contributed by atoms with Gasteiger partial charge in [-0.25, -0.2) is 4.98 Å². The van der Waals surface area contributed by atoms with E-state index in [4.69, 9.17) is 10.5 Å². The molecule has 1 atom stereocenters. The molecule has 7 nitrogen and oxygen atoms in total. The zero-order valence-electron chi connectivity index (χ0n) is 13.7. The maximum Gasteiger partial charge on any atom is 0.222 e. The second kappa shape index (κ2) is 6.37. The number of aryl methyl sites for hydroxylation is 1. The molecule has 0 spiro atoms. The molecular weight excluding hydrogens is 292 g/mol. The van der Waals surface area contributed by atoms with Crippen molar-refractivity contribution in [3.63, 3.8) is 0 Å². The number of aromatic nitrogens is 3. The summed E-state index contributed by atoms with van der Waals surface area (Å²) in [7, 11) is 3.99. The van der Waals surface area contributed by atoms with Crippen molar-refractivity contribution in [2.45, 2.75) is 13.0 Å². The number of anilines is 3. The third-order valence-corrected chi connectivity index (χ3v) is 3.87. The second-order valence-corrected chi connectivity index (χ2v) is 5.87. The first-order chi connectivity index (χ1) is 11.0. The van der Waals surface area contributed by atoms with Crippen LogP contribution in [0.15, 0.2) is 24.4 Å². The minimum absolute atomic E-state index is 0.0727. The number of hydrogen-bond donors (Lipinski definition) is 1. The lowest BCUT2D eigenvalue weighted by Crippen LogP contribution is -2.39. The van der Waals surface area contributed by atoms with Crippen LogP contribution in [0, 0.1) is 6.92 Å². The van der Waals surface area contributed by atoms with Gasteiger partial charge in [0.15, 0.2) is 0 Å². The molecule has 0 saturated carbocycles. The number of rotatable bonds is 3. The molecule has 7 heteroatoms. The molecule has 2 aromatic rings. The van der Waals surface area contributed by atoms with E-state index in [1.54, 1.807) is 0 Å². The van der Waals surface area contributed by atoms with Crippen LogP contribution in [0.1, 0.15) is 17.5 Å². The molecule has 1 aliphatic rings. The van der Waals surface area contributed by atoms with Crippen molar-refractivity contribution < 1.29 is 4.74 Å². The number of pyridine rings is 1. The lowest BCUT2D eigenvalue weighted by molar-refractivity contribution is 0.0368. The summed E-state index contributed by atoms with van der Waals surface area (Å²) in [6.45, 7) is 4.03. The van der Waals surface area contributed by atoms with Gasteiger partial charge in [0.2, 0.25) is 5.95 Å². The topological polar surface area (TPSA) is 80.4 Å². The number of morpholine rings is 1. The molecule has 1 aliphatic heterocycles. The van der Waals surface area contributed by atoms with Gasteiger partial charge in [-0.1, -0.05) is 0 Å². The molecule has 0 amide bonds. The lowest BCUT2D eigenvalue weighted by Gasteiger charge is -2.33. The highest BCUT2D eigenvalue weighted by molar-refractivity contribution is 5.45. The number of hydrogen-bond acceptors (Lipinski definition) is 7. The largest absolute Gasteiger partial charge is 0.376 e. The Morgan fingerprint density at radius 1 is 1.30 bits per heavy atom. The predicted octanol–water partition coefficient (Wildman–Crippen LogP) is 1.41. The van der Waals surface area contributed by atoms with Crippen molar-refractivity contribution in [3.8, 4) is 0 Å². The molecule has 1 fully saturated rings.